The van der Waals surface area contributed by atoms with Crippen LogP contribution in [0.1, 0.15) is 21.5 Å². The number of amides is 1. The summed E-state index contributed by atoms with van der Waals surface area (Å²) in [6.07, 6.45) is 1.37. The maximum absolute atomic E-state index is 12.3. The maximum Gasteiger partial charge on any atom is 0.271 e. The molecule has 6 nitrogen and oxygen atoms in total. The van der Waals surface area contributed by atoms with E-state index in [0.717, 1.165) is 21.2 Å². The number of thiazole rings is 1. The zero-order valence-electron chi connectivity index (χ0n) is 16.6. The minimum atomic E-state index is -0.330. The zero-order valence-corrected chi connectivity index (χ0v) is 18.2. The van der Waals surface area contributed by atoms with Crippen LogP contribution in [0.5, 0.6) is 11.5 Å². The SMILES string of the molecule is COc1cccc(C=NNC(=O)c2ccc(CSc3nc4ccccc4s3)cc2)c1O. The minimum absolute atomic E-state index is 0.0296. The van der Waals surface area contributed by atoms with E-state index in [2.05, 4.69) is 21.6 Å². The molecule has 0 spiro atoms. The molecule has 0 saturated heterocycles. The lowest BCUT2D eigenvalue weighted by Gasteiger charge is -2.05. The minimum Gasteiger partial charge on any atom is -0.504 e. The average Bonchev–Trinajstić information content (AvgIpc) is 3.22. The number of phenolic OH excluding ortho intramolecular Hbond substituents is 1. The van der Waals surface area contributed by atoms with Crippen LogP contribution in [0.2, 0.25) is 0 Å². The molecule has 1 heterocycles. The molecule has 0 atom stereocenters. The molecule has 4 rings (SSSR count). The molecular formula is C23H19N3O3S2. The van der Waals surface area contributed by atoms with E-state index >= 15 is 0 Å². The topological polar surface area (TPSA) is 83.8 Å². The standard InChI is InChI=1S/C23H19N3O3S2/c1-29-19-7-4-5-17(21(19)27)13-24-26-22(28)16-11-9-15(10-12-16)14-30-23-25-18-6-2-3-8-20(18)31-23/h2-13,27H,14H2,1H3,(H,26,28). The first kappa shape index (κ1) is 20.9. The van der Waals surface area contributed by atoms with Crippen molar-refractivity contribution in [3.05, 3.63) is 83.4 Å². The molecule has 156 valence electrons. The molecule has 0 aliphatic rings. The predicted molar refractivity (Wildman–Crippen MR) is 125 cm³/mol. The number of thioether (sulfide) groups is 1. The van der Waals surface area contributed by atoms with Crippen LogP contribution in [0.3, 0.4) is 0 Å². The van der Waals surface area contributed by atoms with Gasteiger partial charge in [0.15, 0.2) is 15.8 Å². The summed E-state index contributed by atoms with van der Waals surface area (Å²) < 4.78 is 7.26. The van der Waals surface area contributed by atoms with E-state index in [0.29, 0.717) is 16.9 Å². The highest BCUT2D eigenvalue weighted by molar-refractivity contribution is 8.00. The molecule has 1 amide bonds. The number of hydrogen-bond acceptors (Lipinski definition) is 7. The number of benzene rings is 3. The van der Waals surface area contributed by atoms with Crippen molar-refractivity contribution in [2.75, 3.05) is 7.11 Å². The van der Waals surface area contributed by atoms with E-state index in [-0.39, 0.29) is 11.7 Å². The summed E-state index contributed by atoms with van der Waals surface area (Å²) in [4.78, 5) is 16.9. The fourth-order valence-corrected chi connectivity index (χ4v) is 4.87. The van der Waals surface area contributed by atoms with E-state index in [4.69, 9.17) is 4.74 Å². The van der Waals surface area contributed by atoms with Crippen LogP contribution in [0.15, 0.2) is 76.2 Å². The Bertz CT molecular complexity index is 1200. The largest absolute Gasteiger partial charge is 0.504 e. The lowest BCUT2D eigenvalue weighted by molar-refractivity contribution is 0.0955. The first-order chi connectivity index (χ1) is 15.1. The second-order valence-corrected chi connectivity index (χ2v) is 8.78. The average molecular weight is 450 g/mol. The van der Waals surface area contributed by atoms with Crippen molar-refractivity contribution >= 4 is 45.4 Å². The summed E-state index contributed by atoms with van der Waals surface area (Å²) in [5.74, 6) is 0.756. The normalized spacial score (nSPS) is 11.1. The Morgan fingerprint density at radius 2 is 1.97 bits per heavy atom. The molecule has 31 heavy (non-hydrogen) atoms. The Labute approximate surface area is 187 Å². The van der Waals surface area contributed by atoms with Crippen molar-refractivity contribution in [1.29, 1.82) is 0 Å². The van der Waals surface area contributed by atoms with Crippen LogP contribution in [-0.2, 0) is 5.75 Å². The first-order valence-corrected chi connectivity index (χ1v) is 11.2. The Morgan fingerprint density at radius 1 is 1.16 bits per heavy atom. The van der Waals surface area contributed by atoms with Gasteiger partial charge in [0.2, 0.25) is 0 Å². The third-order valence-electron chi connectivity index (χ3n) is 4.47. The number of carbonyl (C=O) groups excluding carboxylic acids is 1. The summed E-state index contributed by atoms with van der Waals surface area (Å²) >= 11 is 3.36. The van der Waals surface area contributed by atoms with Crippen molar-refractivity contribution in [1.82, 2.24) is 10.4 Å². The summed E-state index contributed by atoms with van der Waals surface area (Å²) in [6.45, 7) is 0. The second kappa shape index (κ2) is 9.63. The highest BCUT2D eigenvalue weighted by Gasteiger charge is 2.08. The number of aromatic nitrogens is 1. The number of nitrogens with one attached hydrogen (secondary N) is 1. The molecule has 0 unspecified atom stereocenters. The van der Waals surface area contributed by atoms with E-state index in [1.54, 1.807) is 53.4 Å². The van der Waals surface area contributed by atoms with E-state index in [9.17, 15) is 9.90 Å². The molecule has 0 aliphatic carbocycles. The smallest absolute Gasteiger partial charge is 0.271 e. The molecule has 3 aromatic carbocycles. The van der Waals surface area contributed by atoms with Crippen molar-refractivity contribution in [3.8, 4) is 11.5 Å². The molecule has 4 aromatic rings. The van der Waals surface area contributed by atoms with Crippen LogP contribution in [0.25, 0.3) is 10.2 Å². The van der Waals surface area contributed by atoms with E-state index in [1.807, 2.05) is 30.3 Å². The fourth-order valence-electron chi connectivity index (χ4n) is 2.84. The molecule has 0 fully saturated rings. The zero-order chi connectivity index (χ0) is 21.6. The summed E-state index contributed by atoms with van der Waals surface area (Å²) in [7, 11) is 1.47. The number of hydrogen-bond donors (Lipinski definition) is 2. The summed E-state index contributed by atoms with van der Waals surface area (Å²) in [6, 6.07) is 20.5. The fraction of sp³-hybridized carbons (Fsp3) is 0.0870. The Kier molecular flexibility index (Phi) is 6.49. The Morgan fingerprint density at radius 3 is 2.74 bits per heavy atom. The maximum atomic E-state index is 12.3. The van der Waals surface area contributed by atoms with Gasteiger partial charge in [-0.15, -0.1) is 11.3 Å². The number of para-hydroxylation sites is 2. The third kappa shape index (κ3) is 5.04. The summed E-state index contributed by atoms with van der Waals surface area (Å²) in [5.41, 5.74) is 5.54. The number of phenols is 1. The number of hydrazone groups is 1. The number of fused-ring (bicyclic) bond motifs is 1. The Balaban J connectivity index is 1.33. The Hall–Kier alpha value is -3.36. The van der Waals surface area contributed by atoms with Gasteiger partial charge < -0.3 is 9.84 Å². The monoisotopic (exact) mass is 449 g/mol. The van der Waals surface area contributed by atoms with Gasteiger partial charge in [0.05, 0.1) is 23.5 Å². The van der Waals surface area contributed by atoms with Gasteiger partial charge in [0.1, 0.15) is 0 Å². The molecule has 0 aliphatic heterocycles. The molecular weight excluding hydrogens is 430 g/mol. The van der Waals surface area contributed by atoms with Crippen LogP contribution in [-0.4, -0.2) is 29.3 Å². The van der Waals surface area contributed by atoms with Gasteiger partial charge in [-0.1, -0.05) is 42.1 Å². The van der Waals surface area contributed by atoms with Crippen molar-refractivity contribution in [3.63, 3.8) is 0 Å². The lowest BCUT2D eigenvalue weighted by Crippen LogP contribution is -2.17. The summed E-state index contributed by atoms with van der Waals surface area (Å²) in [5, 5.41) is 14.0. The van der Waals surface area contributed by atoms with Crippen molar-refractivity contribution in [2.45, 2.75) is 10.1 Å². The van der Waals surface area contributed by atoms with Gasteiger partial charge in [0.25, 0.3) is 5.91 Å². The number of rotatable bonds is 7. The number of methoxy groups -OCH3 is 1. The quantitative estimate of drug-likeness (QED) is 0.234. The van der Waals surface area contributed by atoms with Crippen LogP contribution in [0, 0.1) is 0 Å². The van der Waals surface area contributed by atoms with E-state index in [1.165, 1.54) is 18.0 Å². The molecule has 0 saturated carbocycles. The van der Waals surface area contributed by atoms with Crippen LogP contribution in [0.4, 0.5) is 0 Å². The molecule has 0 radical (unpaired) electrons. The number of aromatic hydroxyl groups is 1. The number of carbonyl (C=O) groups is 1. The highest BCUT2D eigenvalue weighted by atomic mass is 32.2. The van der Waals surface area contributed by atoms with Crippen LogP contribution >= 0.6 is 23.1 Å². The molecule has 2 N–H and O–H groups in total. The predicted octanol–water partition coefficient (Wildman–Crippen LogP) is 5.07. The number of ether oxygens (including phenoxy) is 1. The van der Waals surface area contributed by atoms with Gasteiger partial charge >= 0.3 is 0 Å². The molecule has 0 bridgehead atoms. The highest BCUT2D eigenvalue weighted by Crippen LogP contribution is 2.31. The van der Waals surface area contributed by atoms with Gasteiger partial charge in [-0.05, 0) is 42.0 Å². The number of nitrogens with zero attached hydrogens (tertiary/aromatic N) is 2. The van der Waals surface area contributed by atoms with E-state index < -0.39 is 0 Å². The second-order valence-electron chi connectivity index (χ2n) is 6.53. The van der Waals surface area contributed by atoms with Gasteiger partial charge in [-0.3, -0.25) is 4.79 Å². The third-order valence-corrected chi connectivity index (χ3v) is 6.72. The first-order valence-electron chi connectivity index (χ1n) is 9.41. The lowest BCUT2D eigenvalue weighted by atomic mass is 10.1. The van der Waals surface area contributed by atoms with Gasteiger partial charge in [0, 0.05) is 16.9 Å². The molecule has 1 aromatic heterocycles. The van der Waals surface area contributed by atoms with Crippen molar-refractivity contribution in [2.24, 2.45) is 5.10 Å². The van der Waals surface area contributed by atoms with Crippen molar-refractivity contribution < 1.29 is 14.6 Å². The molecule has 8 heteroatoms. The van der Waals surface area contributed by atoms with Crippen LogP contribution < -0.4 is 10.2 Å². The van der Waals surface area contributed by atoms with Gasteiger partial charge in [-0.2, -0.15) is 5.10 Å². The van der Waals surface area contributed by atoms with Gasteiger partial charge in [-0.25, -0.2) is 10.4 Å².